The third kappa shape index (κ3) is 3.45. The Balaban J connectivity index is 2.30. The number of hydrogen-bond donors (Lipinski definition) is 1. The minimum Gasteiger partial charge on any atom is -0.310 e. The molecule has 0 radical (unpaired) electrons. The maximum absolute atomic E-state index is 4.42. The Morgan fingerprint density at radius 3 is 2.65 bits per heavy atom. The number of nitrogens with zero attached hydrogens (tertiary/aromatic N) is 1. The average Bonchev–Trinajstić information content (AvgIpc) is 2.43. The summed E-state index contributed by atoms with van der Waals surface area (Å²) in [5, 5.41) is 3.59. The second-order valence-corrected chi connectivity index (χ2v) is 5.42. The van der Waals surface area contributed by atoms with Gasteiger partial charge in [-0.1, -0.05) is 36.8 Å². The first-order valence-electron chi connectivity index (χ1n) is 7.32. The molecule has 2 heteroatoms. The van der Waals surface area contributed by atoms with Gasteiger partial charge in [-0.15, -0.1) is 0 Å². The predicted octanol–water partition coefficient (Wildman–Crippen LogP) is 3.90. The van der Waals surface area contributed by atoms with Gasteiger partial charge in [-0.2, -0.15) is 0 Å². The Bertz CT molecular complexity index is 575. The van der Waals surface area contributed by atoms with Crippen LogP contribution < -0.4 is 5.32 Å². The third-order valence-corrected chi connectivity index (χ3v) is 3.80. The number of likely N-dealkylation sites (N-methyl/N-ethyl adjacent to an activating group) is 1. The molecule has 0 saturated carbocycles. The lowest BCUT2D eigenvalue weighted by molar-refractivity contribution is 0.544. The lowest BCUT2D eigenvalue weighted by Crippen LogP contribution is -2.24. The molecule has 0 saturated heterocycles. The number of pyridine rings is 1. The molecule has 2 rings (SSSR count). The van der Waals surface area contributed by atoms with Crippen LogP contribution in [0.5, 0.6) is 0 Å². The summed E-state index contributed by atoms with van der Waals surface area (Å²) < 4.78 is 0. The second-order valence-electron chi connectivity index (χ2n) is 5.42. The first-order valence-corrected chi connectivity index (χ1v) is 7.32. The smallest absolute Gasteiger partial charge is 0.0420 e. The number of rotatable bonds is 5. The van der Waals surface area contributed by atoms with E-state index in [-0.39, 0.29) is 0 Å². The summed E-state index contributed by atoms with van der Waals surface area (Å²) in [5.74, 6) is 0. The highest BCUT2D eigenvalue weighted by atomic mass is 14.9. The molecular weight excluding hydrogens is 244 g/mol. The topological polar surface area (TPSA) is 24.9 Å². The zero-order chi connectivity index (χ0) is 14.5. The van der Waals surface area contributed by atoms with Gasteiger partial charge in [0.2, 0.25) is 0 Å². The molecule has 1 aromatic carbocycles. The highest BCUT2D eigenvalue weighted by Gasteiger charge is 2.15. The molecule has 0 bridgehead atoms. The van der Waals surface area contributed by atoms with E-state index in [0.29, 0.717) is 6.04 Å². The molecule has 2 aromatic rings. The Kier molecular flexibility index (Phi) is 4.91. The van der Waals surface area contributed by atoms with Crippen LogP contribution in [0.3, 0.4) is 0 Å². The molecule has 0 fully saturated rings. The van der Waals surface area contributed by atoms with Gasteiger partial charge >= 0.3 is 0 Å². The van der Waals surface area contributed by atoms with E-state index in [0.717, 1.165) is 18.7 Å². The average molecular weight is 268 g/mol. The van der Waals surface area contributed by atoms with Crippen molar-refractivity contribution in [1.29, 1.82) is 0 Å². The minimum atomic E-state index is 0.328. The van der Waals surface area contributed by atoms with Crippen LogP contribution in [0.2, 0.25) is 0 Å². The molecule has 0 aliphatic heterocycles. The van der Waals surface area contributed by atoms with E-state index in [2.05, 4.69) is 62.3 Å². The van der Waals surface area contributed by atoms with Crippen LogP contribution in [-0.4, -0.2) is 11.5 Å². The van der Waals surface area contributed by atoms with Gasteiger partial charge in [-0.05, 0) is 56.5 Å². The van der Waals surface area contributed by atoms with Gasteiger partial charge in [0.25, 0.3) is 0 Å². The van der Waals surface area contributed by atoms with E-state index in [1.165, 1.54) is 22.3 Å². The van der Waals surface area contributed by atoms with Crippen molar-refractivity contribution in [1.82, 2.24) is 10.3 Å². The van der Waals surface area contributed by atoms with Crippen molar-refractivity contribution in [2.45, 2.75) is 40.2 Å². The number of aryl methyl sites for hydroxylation is 3. The summed E-state index contributed by atoms with van der Waals surface area (Å²) in [6.45, 7) is 9.54. The molecule has 2 nitrogen and oxygen atoms in total. The van der Waals surface area contributed by atoms with E-state index in [1.54, 1.807) is 0 Å². The lowest BCUT2D eigenvalue weighted by Gasteiger charge is -2.21. The van der Waals surface area contributed by atoms with E-state index >= 15 is 0 Å². The van der Waals surface area contributed by atoms with Crippen molar-refractivity contribution in [3.05, 3.63) is 64.5 Å². The molecule has 1 aromatic heterocycles. The van der Waals surface area contributed by atoms with Gasteiger partial charge in [-0.25, -0.2) is 0 Å². The van der Waals surface area contributed by atoms with Crippen LogP contribution in [0.25, 0.3) is 0 Å². The fourth-order valence-electron chi connectivity index (χ4n) is 2.64. The first-order chi connectivity index (χ1) is 9.61. The summed E-state index contributed by atoms with van der Waals surface area (Å²) >= 11 is 0. The zero-order valence-corrected chi connectivity index (χ0v) is 12.9. The Labute approximate surface area is 122 Å². The van der Waals surface area contributed by atoms with Gasteiger partial charge in [0.15, 0.2) is 0 Å². The largest absolute Gasteiger partial charge is 0.310 e. The third-order valence-electron chi connectivity index (χ3n) is 3.80. The molecule has 0 amide bonds. The SMILES string of the molecule is CCNC(Cc1cc(C)ccc1C)c1cccnc1C. The summed E-state index contributed by atoms with van der Waals surface area (Å²) in [5.41, 5.74) is 6.52. The maximum atomic E-state index is 4.42. The highest BCUT2D eigenvalue weighted by Crippen LogP contribution is 2.23. The zero-order valence-electron chi connectivity index (χ0n) is 12.9. The van der Waals surface area contributed by atoms with Crippen molar-refractivity contribution in [3.8, 4) is 0 Å². The number of benzene rings is 1. The fourth-order valence-corrected chi connectivity index (χ4v) is 2.64. The van der Waals surface area contributed by atoms with Gasteiger partial charge in [0.1, 0.15) is 0 Å². The molecular formula is C18H24N2. The van der Waals surface area contributed by atoms with Crippen LogP contribution in [-0.2, 0) is 6.42 Å². The normalized spacial score (nSPS) is 12.4. The highest BCUT2D eigenvalue weighted by molar-refractivity contribution is 5.33. The standard InChI is InChI=1S/C18H24N2/c1-5-19-18(17-7-6-10-20-15(17)4)12-16-11-13(2)8-9-14(16)3/h6-11,18-19H,5,12H2,1-4H3. The molecule has 106 valence electrons. The van der Waals surface area contributed by atoms with E-state index in [1.807, 2.05) is 12.3 Å². The van der Waals surface area contributed by atoms with Crippen LogP contribution in [0, 0.1) is 20.8 Å². The van der Waals surface area contributed by atoms with Crippen LogP contribution in [0.1, 0.15) is 40.9 Å². The molecule has 1 heterocycles. The molecule has 0 spiro atoms. The minimum absolute atomic E-state index is 0.328. The summed E-state index contributed by atoms with van der Waals surface area (Å²) in [6.07, 6.45) is 2.87. The number of hydrogen-bond acceptors (Lipinski definition) is 2. The fraction of sp³-hybridized carbons (Fsp3) is 0.389. The quantitative estimate of drug-likeness (QED) is 0.889. The number of nitrogens with one attached hydrogen (secondary N) is 1. The number of aromatic nitrogens is 1. The molecule has 0 aliphatic rings. The Morgan fingerprint density at radius 2 is 1.95 bits per heavy atom. The van der Waals surface area contributed by atoms with Gasteiger partial charge < -0.3 is 5.32 Å². The molecule has 1 unspecified atom stereocenters. The van der Waals surface area contributed by atoms with Crippen molar-refractivity contribution < 1.29 is 0 Å². The Morgan fingerprint density at radius 1 is 1.15 bits per heavy atom. The van der Waals surface area contributed by atoms with Crippen LogP contribution in [0.4, 0.5) is 0 Å². The van der Waals surface area contributed by atoms with Gasteiger partial charge in [0.05, 0.1) is 0 Å². The summed E-state index contributed by atoms with van der Waals surface area (Å²) in [6, 6.07) is 11.2. The maximum Gasteiger partial charge on any atom is 0.0420 e. The molecule has 20 heavy (non-hydrogen) atoms. The van der Waals surface area contributed by atoms with E-state index in [9.17, 15) is 0 Å². The summed E-state index contributed by atoms with van der Waals surface area (Å²) in [4.78, 5) is 4.42. The van der Waals surface area contributed by atoms with Gasteiger partial charge in [0, 0.05) is 17.9 Å². The monoisotopic (exact) mass is 268 g/mol. The van der Waals surface area contributed by atoms with Crippen LogP contribution >= 0.6 is 0 Å². The van der Waals surface area contributed by atoms with Gasteiger partial charge in [-0.3, -0.25) is 4.98 Å². The van der Waals surface area contributed by atoms with Crippen LogP contribution in [0.15, 0.2) is 36.5 Å². The van der Waals surface area contributed by atoms with Crippen molar-refractivity contribution in [3.63, 3.8) is 0 Å². The molecule has 0 aliphatic carbocycles. The van der Waals surface area contributed by atoms with Crippen molar-refractivity contribution in [2.75, 3.05) is 6.54 Å². The molecule has 1 N–H and O–H groups in total. The van der Waals surface area contributed by atoms with Crippen molar-refractivity contribution >= 4 is 0 Å². The second kappa shape index (κ2) is 6.67. The van der Waals surface area contributed by atoms with E-state index < -0.39 is 0 Å². The van der Waals surface area contributed by atoms with Crippen molar-refractivity contribution in [2.24, 2.45) is 0 Å². The molecule has 1 atom stereocenters. The van der Waals surface area contributed by atoms with E-state index in [4.69, 9.17) is 0 Å². The lowest BCUT2D eigenvalue weighted by atomic mass is 9.94. The first kappa shape index (κ1) is 14.7. The Hall–Kier alpha value is -1.67. The predicted molar refractivity (Wildman–Crippen MR) is 85.0 cm³/mol. The summed E-state index contributed by atoms with van der Waals surface area (Å²) in [7, 11) is 0.